The highest BCUT2D eigenvalue weighted by molar-refractivity contribution is 9.10. The van der Waals surface area contributed by atoms with Crippen LogP contribution in [0.4, 0.5) is 5.95 Å². The first-order valence-electron chi connectivity index (χ1n) is 5.40. The van der Waals surface area contributed by atoms with Gasteiger partial charge in [-0.2, -0.15) is 4.68 Å². The Balaban J connectivity index is 2.09. The van der Waals surface area contributed by atoms with Crippen LogP contribution in [-0.4, -0.2) is 31.3 Å². The number of aliphatic carboxylic acids is 1. The number of hydrogen-bond donors (Lipinski definition) is 2. The lowest BCUT2D eigenvalue weighted by atomic mass is 10.0. The van der Waals surface area contributed by atoms with Crippen LogP contribution in [0.3, 0.4) is 0 Å². The quantitative estimate of drug-likeness (QED) is 0.869. The summed E-state index contributed by atoms with van der Waals surface area (Å²) in [6.45, 7) is 0. The minimum atomic E-state index is -1.05. The molecule has 1 aromatic heterocycles. The molecular formula is C11H8BrN5O2. The molecule has 0 saturated carbocycles. The van der Waals surface area contributed by atoms with Crippen LogP contribution in [0.25, 0.3) is 0 Å². The van der Waals surface area contributed by atoms with E-state index in [1.54, 1.807) is 6.08 Å². The molecule has 0 radical (unpaired) electrons. The van der Waals surface area contributed by atoms with E-state index in [4.69, 9.17) is 5.11 Å². The van der Waals surface area contributed by atoms with Gasteiger partial charge in [-0.3, -0.25) is 0 Å². The predicted molar refractivity (Wildman–Crippen MR) is 69.4 cm³/mol. The smallest absolute Gasteiger partial charge is 0.352 e. The van der Waals surface area contributed by atoms with E-state index >= 15 is 0 Å². The largest absolute Gasteiger partial charge is 0.477 e. The molecule has 0 spiro atoms. The SMILES string of the molecule is O=C(O)C1=C[C@@H](c2ccc(Br)cc2)n2nnnc2N1. The first kappa shape index (κ1) is 11.8. The van der Waals surface area contributed by atoms with Gasteiger partial charge in [-0.05, 0) is 34.2 Å². The van der Waals surface area contributed by atoms with E-state index in [0.717, 1.165) is 10.0 Å². The summed E-state index contributed by atoms with van der Waals surface area (Å²) < 4.78 is 2.49. The molecule has 7 nitrogen and oxygen atoms in total. The van der Waals surface area contributed by atoms with E-state index in [1.807, 2.05) is 24.3 Å². The molecule has 0 bridgehead atoms. The Labute approximate surface area is 116 Å². The van der Waals surface area contributed by atoms with Gasteiger partial charge in [0.25, 0.3) is 0 Å². The van der Waals surface area contributed by atoms with Gasteiger partial charge in [0.1, 0.15) is 11.7 Å². The Morgan fingerprint density at radius 1 is 1.37 bits per heavy atom. The number of nitrogens with one attached hydrogen (secondary N) is 1. The number of allylic oxidation sites excluding steroid dienone is 1. The number of halogens is 1. The summed E-state index contributed by atoms with van der Waals surface area (Å²) >= 11 is 3.36. The topological polar surface area (TPSA) is 92.9 Å². The molecule has 0 aliphatic carbocycles. The molecule has 1 atom stereocenters. The third-order valence-corrected chi connectivity index (χ3v) is 3.30. The molecule has 1 aliphatic heterocycles. The molecule has 0 saturated heterocycles. The van der Waals surface area contributed by atoms with E-state index in [-0.39, 0.29) is 11.7 Å². The van der Waals surface area contributed by atoms with Crippen molar-refractivity contribution in [3.05, 3.63) is 46.1 Å². The third-order valence-electron chi connectivity index (χ3n) is 2.77. The molecule has 2 N–H and O–H groups in total. The zero-order valence-electron chi connectivity index (χ0n) is 9.49. The fourth-order valence-electron chi connectivity index (χ4n) is 1.88. The van der Waals surface area contributed by atoms with Crippen molar-refractivity contribution < 1.29 is 9.90 Å². The van der Waals surface area contributed by atoms with Gasteiger partial charge in [0.05, 0.1) is 0 Å². The van der Waals surface area contributed by atoms with Crippen molar-refractivity contribution in [2.45, 2.75) is 6.04 Å². The van der Waals surface area contributed by atoms with E-state index in [9.17, 15) is 4.79 Å². The van der Waals surface area contributed by atoms with Crippen LogP contribution in [0.15, 0.2) is 40.5 Å². The first-order valence-corrected chi connectivity index (χ1v) is 6.20. The van der Waals surface area contributed by atoms with E-state index in [1.165, 1.54) is 4.68 Å². The van der Waals surface area contributed by atoms with E-state index < -0.39 is 5.97 Å². The first-order chi connectivity index (χ1) is 9.15. The molecule has 8 heteroatoms. The molecule has 0 unspecified atom stereocenters. The number of tetrazole rings is 1. The van der Waals surface area contributed by atoms with Gasteiger partial charge in [0.15, 0.2) is 0 Å². The highest BCUT2D eigenvalue weighted by Gasteiger charge is 2.26. The van der Waals surface area contributed by atoms with Gasteiger partial charge in [0, 0.05) is 4.47 Å². The Bertz CT molecular complexity index is 664. The van der Waals surface area contributed by atoms with Gasteiger partial charge >= 0.3 is 5.97 Å². The van der Waals surface area contributed by atoms with Crippen molar-refractivity contribution in [2.24, 2.45) is 0 Å². The number of aromatic nitrogens is 4. The fraction of sp³-hybridized carbons (Fsp3) is 0.0909. The van der Waals surface area contributed by atoms with Crippen molar-refractivity contribution in [2.75, 3.05) is 5.32 Å². The average molecular weight is 322 g/mol. The molecule has 19 heavy (non-hydrogen) atoms. The molecule has 96 valence electrons. The number of carbonyl (C=O) groups is 1. The maximum absolute atomic E-state index is 11.1. The number of fused-ring (bicyclic) bond motifs is 1. The molecule has 0 amide bonds. The molecule has 2 aromatic rings. The predicted octanol–water partition coefficient (Wildman–Crippen LogP) is 1.42. The maximum Gasteiger partial charge on any atom is 0.352 e. The Hall–Kier alpha value is -2.22. The van der Waals surface area contributed by atoms with Crippen molar-refractivity contribution in [1.29, 1.82) is 0 Å². The van der Waals surface area contributed by atoms with Crippen LogP contribution in [0.5, 0.6) is 0 Å². The molecule has 1 aromatic carbocycles. The molecular weight excluding hydrogens is 314 g/mol. The second kappa shape index (κ2) is 4.47. The van der Waals surface area contributed by atoms with Crippen LogP contribution in [-0.2, 0) is 4.79 Å². The van der Waals surface area contributed by atoms with Crippen LogP contribution >= 0.6 is 15.9 Å². The van der Waals surface area contributed by atoms with Crippen molar-refractivity contribution in [1.82, 2.24) is 20.2 Å². The van der Waals surface area contributed by atoms with Crippen molar-refractivity contribution >= 4 is 27.8 Å². The zero-order chi connectivity index (χ0) is 13.4. The average Bonchev–Trinajstić information content (AvgIpc) is 2.86. The number of hydrogen-bond acceptors (Lipinski definition) is 5. The molecule has 0 fully saturated rings. The number of carboxylic acid groups (broad SMARTS) is 1. The van der Waals surface area contributed by atoms with Gasteiger partial charge < -0.3 is 10.4 Å². The second-order valence-corrected chi connectivity index (χ2v) is 4.87. The van der Waals surface area contributed by atoms with E-state index in [0.29, 0.717) is 5.95 Å². The summed E-state index contributed by atoms with van der Waals surface area (Å²) in [5, 5.41) is 23.0. The molecule has 1 aliphatic rings. The number of carboxylic acids is 1. The van der Waals surface area contributed by atoms with Gasteiger partial charge in [0.2, 0.25) is 5.95 Å². The molecule has 3 rings (SSSR count). The van der Waals surface area contributed by atoms with Crippen LogP contribution in [0.1, 0.15) is 11.6 Å². The minimum absolute atomic E-state index is 0.0650. The van der Waals surface area contributed by atoms with Crippen molar-refractivity contribution in [3.63, 3.8) is 0 Å². The lowest BCUT2D eigenvalue weighted by Crippen LogP contribution is -2.24. The monoisotopic (exact) mass is 321 g/mol. The van der Waals surface area contributed by atoms with Crippen molar-refractivity contribution in [3.8, 4) is 0 Å². The van der Waals surface area contributed by atoms with Gasteiger partial charge in [-0.15, -0.1) is 0 Å². The normalized spacial score (nSPS) is 17.3. The summed E-state index contributed by atoms with van der Waals surface area (Å²) in [6.07, 6.45) is 1.58. The lowest BCUT2D eigenvalue weighted by molar-refractivity contribution is -0.132. The summed E-state index contributed by atoms with van der Waals surface area (Å²) in [5.41, 5.74) is 0.965. The van der Waals surface area contributed by atoms with Crippen LogP contribution in [0, 0.1) is 0 Å². The molecule has 2 heterocycles. The number of benzene rings is 1. The van der Waals surface area contributed by atoms with Crippen LogP contribution < -0.4 is 5.32 Å². The van der Waals surface area contributed by atoms with E-state index in [2.05, 4.69) is 36.8 Å². The maximum atomic E-state index is 11.1. The highest BCUT2D eigenvalue weighted by atomic mass is 79.9. The van der Waals surface area contributed by atoms with Crippen LogP contribution in [0.2, 0.25) is 0 Å². The summed E-state index contributed by atoms with van der Waals surface area (Å²) in [4.78, 5) is 11.1. The zero-order valence-corrected chi connectivity index (χ0v) is 11.1. The summed E-state index contributed by atoms with van der Waals surface area (Å²) in [7, 11) is 0. The van der Waals surface area contributed by atoms with Gasteiger partial charge in [-0.25, -0.2) is 4.79 Å². The third kappa shape index (κ3) is 2.10. The minimum Gasteiger partial charge on any atom is -0.477 e. The number of rotatable bonds is 2. The van der Waals surface area contributed by atoms with Gasteiger partial charge in [-0.1, -0.05) is 33.2 Å². The second-order valence-electron chi connectivity index (χ2n) is 3.95. The Morgan fingerprint density at radius 3 is 2.79 bits per heavy atom. The summed E-state index contributed by atoms with van der Waals surface area (Å²) in [6, 6.07) is 7.21. The Morgan fingerprint density at radius 2 is 2.11 bits per heavy atom. The summed E-state index contributed by atoms with van der Waals surface area (Å²) in [5.74, 6) is -0.732. The number of anilines is 1. The standard InChI is InChI=1S/C11H8BrN5O2/c12-7-3-1-6(2-4-7)9-5-8(10(18)19)13-11-14-15-16-17(9)11/h1-5,9H,(H,18,19)(H,13,14,16)/t9-/m0/s1. The number of nitrogens with zero attached hydrogens (tertiary/aromatic N) is 4. The Kier molecular flexibility index (Phi) is 2.79. The lowest BCUT2D eigenvalue weighted by Gasteiger charge is -2.21. The highest BCUT2D eigenvalue weighted by Crippen LogP contribution is 2.28. The fourth-order valence-corrected chi connectivity index (χ4v) is 2.14.